The molecule has 0 aromatic rings. The second-order valence-corrected chi connectivity index (χ2v) is 5.76. The van der Waals surface area contributed by atoms with Gasteiger partial charge in [-0.2, -0.15) is 0 Å². The molecular formula is C13H30N2. The summed E-state index contributed by atoms with van der Waals surface area (Å²) >= 11 is 0. The molecule has 0 amide bonds. The fraction of sp³-hybridized carbons (Fsp3) is 1.00. The number of nitrogens with zero attached hydrogens (tertiary/aromatic N) is 1. The highest BCUT2D eigenvalue weighted by Crippen LogP contribution is 2.22. The molecule has 0 fully saturated rings. The van der Waals surface area contributed by atoms with Crippen LogP contribution in [-0.4, -0.2) is 31.1 Å². The van der Waals surface area contributed by atoms with Crippen molar-refractivity contribution in [2.45, 2.75) is 53.5 Å². The van der Waals surface area contributed by atoms with Crippen LogP contribution in [0.5, 0.6) is 0 Å². The van der Waals surface area contributed by atoms with Crippen LogP contribution < -0.4 is 5.73 Å². The van der Waals surface area contributed by atoms with Crippen LogP contribution in [0.25, 0.3) is 0 Å². The zero-order valence-electron chi connectivity index (χ0n) is 11.5. The molecule has 2 unspecified atom stereocenters. The number of hydrogen-bond acceptors (Lipinski definition) is 2. The summed E-state index contributed by atoms with van der Waals surface area (Å²) in [7, 11) is 2.22. The Morgan fingerprint density at radius 2 is 1.80 bits per heavy atom. The maximum Gasteiger partial charge on any atom is 0.00665 e. The fourth-order valence-corrected chi connectivity index (χ4v) is 1.94. The van der Waals surface area contributed by atoms with E-state index in [4.69, 9.17) is 5.73 Å². The van der Waals surface area contributed by atoms with Gasteiger partial charge in [-0.25, -0.2) is 0 Å². The Morgan fingerprint density at radius 1 is 1.27 bits per heavy atom. The fourth-order valence-electron chi connectivity index (χ4n) is 1.94. The molecule has 0 radical (unpaired) electrons. The van der Waals surface area contributed by atoms with Gasteiger partial charge in [0.1, 0.15) is 0 Å². The summed E-state index contributed by atoms with van der Waals surface area (Å²) in [4.78, 5) is 2.45. The van der Waals surface area contributed by atoms with E-state index in [0.29, 0.717) is 6.04 Å². The summed E-state index contributed by atoms with van der Waals surface area (Å²) in [6, 6.07) is 0.655. The van der Waals surface area contributed by atoms with E-state index in [-0.39, 0.29) is 5.41 Å². The van der Waals surface area contributed by atoms with Crippen molar-refractivity contribution in [3.8, 4) is 0 Å². The molecule has 2 nitrogen and oxygen atoms in total. The first-order valence-electron chi connectivity index (χ1n) is 6.25. The van der Waals surface area contributed by atoms with Crippen LogP contribution in [0.1, 0.15) is 47.5 Å². The third-order valence-electron chi connectivity index (χ3n) is 3.54. The highest BCUT2D eigenvalue weighted by atomic mass is 15.1. The van der Waals surface area contributed by atoms with Crippen molar-refractivity contribution in [3.63, 3.8) is 0 Å². The molecule has 15 heavy (non-hydrogen) atoms. The second-order valence-electron chi connectivity index (χ2n) is 5.76. The van der Waals surface area contributed by atoms with Gasteiger partial charge >= 0.3 is 0 Å². The molecule has 0 aliphatic rings. The van der Waals surface area contributed by atoms with Gasteiger partial charge in [0.2, 0.25) is 0 Å². The Morgan fingerprint density at radius 3 is 2.13 bits per heavy atom. The molecule has 0 spiro atoms. The lowest BCUT2D eigenvalue weighted by atomic mass is 9.86. The van der Waals surface area contributed by atoms with Gasteiger partial charge in [0.15, 0.2) is 0 Å². The van der Waals surface area contributed by atoms with Crippen molar-refractivity contribution >= 4 is 0 Å². The summed E-state index contributed by atoms with van der Waals surface area (Å²) in [5.74, 6) is 0.771. The smallest absolute Gasteiger partial charge is 0.00665 e. The molecule has 92 valence electrons. The molecule has 0 rings (SSSR count). The van der Waals surface area contributed by atoms with Crippen LogP contribution >= 0.6 is 0 Å². The second kappa shape index (κ2) is 6.49. The van der Waals surface area contributed by atoms with Gasteiger partial charge in [-0.3, -0.25) is 0 Å². The summed E-state index contributed by atoms with van der Waals surface area (Å²) in [6.45, 7) is 13.3. The largest absolute Gasteiger partial charge is 0.330 e. The number of nitrogens with two attached hydrogens (primary N) is 1. The van der Waals surface area contributed by atoms with E-state index in [1.807, 2.05) is 0 Å². The van der Waals surface area contributed by atoms with Gasteiger partial charge in [0.25, 0.3) is 0 Å². The van der Waals surface area contributed by atoms with Gasteiger partial charge < -0.3 is 10.6 Å². The lowest BCUT2D eigenvalue weighted by Crippen LogP contribution is -2.42. The maximum absolute atomic E-state index is 5.84. The number of rotatable bonds is 7. The molecule has 2 heteroatoms. The first-order valence-corrected chi connectivity index (χ1v) is 6.25. The third-order valence-corrected chi connectivity index (χ3v) is 3.54. The molecule has 2 N–H and O–H groups in total. The summed E-state index contributed by atoms with van der Waals surface area (Å²) in [5.41, 5.74) is 6.12. The van der Waals surface area contributed by atoms with E-state index in [0.717, 1.165) is 25.4 Å². The van der Waals surface area contributed by atoms with Crippen molar-refractivity contribution in [3.05, 3.63) is 0 Å². The van der Waals surface area contributed by atoms with Crippen molar-refractivity contribution in [2.24, 2.45) is 17.1 Å². The van der Waals surface area contributed by atoms with Gasteiger partial charge in [-0.1, -0.05) is 27.7 Å². The minimum Gasteiger partial charge on any atom is -0.330 e. The molecule has 0 aliphatic carbocycles. The van der Waals surface area contributed by atoms with E-state index >= 15 is 0 Å². The van der Waals surface area contributed by atoms with Crippen LogP contribution in [-0.2, 0) is 0 Å². The Bertz CT molecular complexity index is 162. The third kappa shape index (κ3) is 5.53. The zero-order valence-corrected chi connectivity index (χ0v) is 11.5. The van der Waals surface area contributed by atoms with E-state index in [1.165, 1.54) is 6.42 Å². The Hall–Kier alpha value is -0.0800. The minimum absolute atomic E-state index is 0.278. The van der Waals surface area contributed by atoms with E-state index < -0.39 is 0 Å². The molecule has 0 aromatic carbocycles. The van der Waals surface area contributed by atoms with Crippen LogP contribution in [0.3, 0.4) is 0 Å². The van der Waals surface area contributed by atoms with Gasteiger partial charge in [-0.05, 0) is 44.7 Å². The SMILES string of the molecule is CCC(C)(CN)CN(C)C(C)CC(C)C. The van der Waals surface area contributed by atoms with Gasteiger partial charge in [0, 0.05) is 12.6 Å². The van der Waals surface area contributed by atoms with Crippen LogP contribution in [0.2, 0.25) is 0 Å². The predicted octanol–water partition coefficient (Wildman–Crippen LogP) is 2.73. The topological polar surface area (TPSA) is 29.3 Å². The summed E-state index contributed by atoms with van der Waals surface area (Å²) in [5, 5.41) is 0. The Kier molecular flexibility index (Phi) is 6.46. The maximum atomic E-state index is 5.84. The highest BCUT2D eigenvalue weighted by molar-refractivity contribution is 4.79. The normalized spacial score (nSPS) is 18.2. The van der Waals surface area contributed by atoms with Crippen LogP contribution in [0.15, 0.2) is 0 Å². The van der Waals surface area contributed by atoms with Crippen molar-refractivity contribution < 1.29 is 0 Å². The van der Waals surface area contributed by atoms with E-state index in [1.54, 1.807) is 0 Å². The predicted molar refractivity (Wildman–Crippen MR) is 69.0 cm³/mol. The van der Waals surface area contributed by atoms with Crippen LogP contribution in [0.4, 0.5) is 0 Å². The molecule has 0 saturated carbocycles. The standard InChI is InChI=1S/C13H30N2/c1-7-13(5,9-14)10-15(6)12(4)8-11(2)3/h11-12H,7-10,14H2,1-6H3. The Balaban J connectivity index is 4.15. The minimum atomic E-state index is 0.278. The molecule has 0 bridgehead atoms. The van der Waals surface area contributed by atoms with Crippen LogP contribution in [0, 0.1) is 11.3 Å². The summed E-state index contributed by atoms with van der Waals surface area (Å²) in [6.07, 6.45) is 2.42. The molecule has 0 aromatic heterocycles. The average molecular weight is 214 g/mol. The zero-order chi connectivity index (χ0) is 12.1. The summed E-state index contributed by atoms with van der Waals surface area (Å²) < 4.78 is 0. The lowest BCUT2D eigenvalue weighted by Gasteiger charge is -2.35. The van der Waals surface area contributed by atoms with Gasteiger partial charge in [-0.15, -0.1) is 0 Å². The van der Waals surface area contributed by atoms with Crippen molar-refractivity contribution in [2.75, 3.05) is 20.1 Å². The first-order chi connectivity index (χ1) is 6.84. The monoisotopic (exact) mass is 214 g/mol. The molecule has 2 atom stereocenters. The van der Waals surface area contributed by atoms with Gasteiger partial charge in [0.05, 0.1) is 0 Å². The molecular weight excluding hydrogens is 184 g/mol. The molecule has 0 saturated heterocycles. The average Bonchev–Trinajstić information content (AvgIpc) is 2.16. The van der Waals surface area contributed by atoms with E-state index in [9.17, 15) is 0 Å². The van der Waals surface area contributed by atoms with Crippen molar-refractivity contribution in [1.82, 2.24) is 4.90 Å². The molecule has 0 heterocycles. The molecule has 0 aliphatic heterocycles. The van der Waals surface area contributed by atoms with Crippen molar-refractivity contribution in [1.29, 1.82) is 0 Å². The van der Waals surface area contributed by atoms with E-state index in [2.05, 4.69) is 46.6 Å². The Labute approximate surface area is 96.2 Å². The quantitative estimate of drug-likeness (QED) is 0.706. The first kappa shape index (κ1) is 14.9. The lowest BCUT2D eigenvalue weighted by molar-refractivity contribution is 0.143. The highest BCUT2D eigenvalue weighted by Gasteiger charge is 2.24. The number of hydrogen-bond donors (Lipinski definition) is 1.